The molecule has 120 valence electrons. The topological polar surface area (TPSA) is 44.5 Å². The Morgan fingerprint density at radius 3 is 2.05 bits per heavy atom. The Kier molecular flexibility index (Phi) is 11.3. The van der Waals surface area contributed by atoms with Gasteiger partial charge in [-0.05, 0) is 6.42 Å². The lowest BCUT2D eigenvalue weighted by Crippen LogP contribution is -2.43. The van der Waals surface area contributed by atoms with Gasteiger partial charge in [0, 0.05) is 6.04 Å². The third kappa shape index (κ3) is 8.93. The number of unbranched alkanes of at least 4 members (excludes halogenated alkanes) is 9. The SMILES string of the molecule is CCCCCCCCCCCCC(N)C1COCCO1. The van der Waals surface area contributed by atoms with E-state index < -0.39 is 0 Å². The second-order valence-electron chi connectivity index (χ2n) is 6.12. The standard InChI is InChI=1S/C17H35NO2/c1-2-3-4-5-6-7-8-9-10-11-12-16(18)17-15-19-13-14-20-17/h16-17H,2-15,18H2,1H3. The normalized spacial score (nSPS) is 21.0. The lowest BCUT2D eigenvalue weighted by atomic mass is 10.0. The molecule has 1 fully saturated rings. The van der Waals surface area contributed by atoms with Gasteiger partial charge in [0.05, 0.1) is 25.9 Å². The molecule has 0 bridgehead atoms. The number of ether oxygens (including phenoxy) is 2. The van der Waals surface area contributed by atoms with E-state index in [2.05, 4.69) is 6.92 Å². The summed E-state index contributed by atoms with van der Waals surface area (Å²) in [6, 6.07) is 0.157. The summed E-state index contributed by atoms with van der Waals surface area (Å²) >= 11 is 0. The summed E-state index contributed by atoms with van der Waals surface area (Å²) in [5.41, 5.74) is 6.15. The molecular weight excluding hydrogens is 250 g/mol. The Bertz CT molecular complexity index is 205. The Labute approximate surface area is 125 Å². The van der Waals surface area contributed by atoms with Crippen molar-refractivity contribution in [3.05, 3.63) is 0 Å². The second kappa shape index (κ2) is 12.6. The van der Waals surface area contributed by atoms with E-state index in [0.29, 0.717) is 13.2 Å². The molecule has 0 amide bonds. The highest BCUT2D eigenvalue weighted by Crippen LogP contribution is 2.14. The van der Waals surface area contributed by atoms with Crippen molar-refractivity contribution in [2.24, 2.45) is 5.73 Å². The van der Waals surface area contributed by atoms with Crippen LogP contribution in [0.15, 0.2) is 0 Å². The molecule has 0 saturated carbocycles. The summed E-state index contributed by atoms with van der Waals surface area (Å²) in [7, 11) is 0. The van der Waals surface area contributed by atoms with E-state index in [4.69, 9.17) is 15.2 Å². The van der Waals surface area contributed by atoms with Crippen LogP contribution in [0.25, 0.3) is 0 Å². The predicted octanol–water partition coefficient (Wildman–Crippen LogP) is 4.04. The molecule has 1 aliphatic rings. The fourth-order valence-corrected chi connectivity index (χ4v) is 2.81. The van der Waals surface area contributed by atoms with Gasteiger partial charge in [-0.1, -0.05) is 71.1 Å². The predicted molar refractivity (Wildman–Crippen MR) is 85.0 cm³/mol. The van der Waals surface area contributed by atoms with Crippen molar-refractivity contribution < 1.29 is 9.47 Å². The lowest BCUT2D eigenvalue weighted by Gasteiger charge is -2.27. The highest BCUT2D eigenvalue weighted by molar-refractivity contribution is 4.75. The molecule has 20 heavy (non-hydrogen) atoms. The molecule has 1 rings (SSSR count). The summed E-state index contributed by atoms with van der Waals surface area (Å²) in [5.74, 6) is 0. The zero-order valence-corrected chi connectivity index (χ0v) is 13.4. The zero-order chi connectivity index (χ0) is 14.5. The van der Waals surface area contributed by atoms with Crippen LogP contribution in [0.4, 0.5) is 0 Å². The van der Waals surface area contributed by atoms with Gasteiger partial charge in [-0.2, -0.15) is 0 Å². The molecule has 0 aromatic carbocycles. The highest BCUT2D eigenvalue weighted by Gasteiger charge is 2.21. The lowest BCUT2D eigenvalue weighted by molar-refractivity contribution is -0.0978. The van der Waals surface area contributed by atoms with E-state index in [-0.39, 0.29) is 12.1 Å². The van der Waals surface area contributed by atoms with Crippen molar-refractivity contribution in [1.82, 2.24) is 0 Å². The average Bonchev–Trinajstić information content (AvgIpc) is 2.50. The molecule has 1 aliphatic heterocycles. The van der Waals surface area contributed by atoms with Gasteiger partial charge in [-0.25, -0.2) is 0 Å². The maximum atomic E-state index is 6.15. The summed E-state index contributed by atoms with van der Waals surface area (Å²) in [6.45, 7) is 4.38. The van der Waals surface area contributed by atoms with Crippen molar-refractivity contribution in [3.63, 3.8) is 0 Å². The largest absolute Gasteiger partial charge is 0.376 e. The van der Waals surface area contributed by atoms with Gasteiger partial charge in [0.25, 0.3) is 0 Å². The van der Waals surface area contributed by atoms with Crippen molar-refractivity contribution in [3.8, 4) is 0 Å². The number of nitrogens with two attached hydrogens (primary N) is 1. The van der Waals surface area contributed by atoms with Crippen LogP contribution in [0.5, 0.6) is 0 Å². The number of hydrogen-bond donors (Lipinski definition) is 1. The van der Waals surface area contributed by atoms with Crippen molar-refractivity contribution >= 4 is 0 Å². The van der Waals surface area contributed by atoms with Gasteiger partial charge in [0.1, 0.15) is 0 Å². The minimum atomic E-state index is 0.127. The van der Waals surface area contributed by atoms with Crippen LogP contribution in [0.3, 0.4) is 0 Å². The Hall–Kier alpha value is -0.120. The first kappa shape index (κ1) is 17.9. The first-order valence-corrected chi connectivity index (χ1v) is 8.79. The summed E-state index contributed by atoms with van der Waals surface area (Å²) in [4.78, 5) is 0. The maximum absolute atomic E-state index is 6.15. The van der Waals surface area contributed by atoms with Crippen molar-refractivity contribution in [2.75, 3.05) is 19.8 Å². The molecule has 3 nitrogen and oxygen atoms in total. The van der Waals surface area contributed by atoms with Crippen LogP contribution in [0, 0.1) is 0 Å². The van der Waals surface area contributed by atoms with Crippen LogP contribution in [-0.4, -0.2) is 32.0 Å². The van der Waals surface area contributed by atoms with E-state index in [9.17, 15) is 0 Å². The van der Waals surface area contributed by atoms with Gasteiger partial charge in [-0.3, -0.25) is 0 Å². The maximum Gasteiger partial charge on any atom is 0.0959 e. The fraction of sp³-hybridized carbons (Fsp3) is 1.00. The molecule has 0 radical (unpaired) electrons. The van der Waals surface area contributed by atoms with Crippen LogP contribution in [0.1, 0.15) is 77.6 Å². The smallest absolute Gasteiger partial charge is 0.0959 e. The van der Waals surface area contributed by atoms with E-state index in [1.54, 1.807) is 0 Å². The zero-order valence-electron chi connectivity index (χ0n) is 13.4. The van der Waals surface area contributed by atoms with Crippen LogP contribution in [0.2, 0.25) is 0 Å². The Morgan fingerprint density at radius 1 is 0.900 bits per heavy atom. The highest BCUT2D eigenvalue weighted by atomic mass is 16.6. The Balaban J connectivity index is 1.82. The van der Waals surface area contributed by atoms with E-state index in [0.717, 1.165) is 13.0 Å². The number of rotatable bonds is 12. The second-order valence-corrected chi connectivity index (χ2v) is 6.12. The quantitative estimate of drug-likeness (QED) is 0.550. The van der Waals surface area contributed by atoms with Gasteiger partial charge < -0.3 is 15.2 Å². The molecule has 1 heterocycles. The molecular formula is C17H35NO2. The molecule has 1 saturated heterocycles. The number of hydrogen-bond acceptors (Lipinski definition) is 3. The van der Waals surface area contributed by atoms with Gasteiger partial charge >= 0.3 is 0 Å². The van der Waals surface area contributed by atoms with Crippen LogP contribution in [-0.2, 0) is 9.47 Å². The summed E-state index contributed by atoms with van der Waals surface area (Å²) in [5, 5.41) is 0. The minimum absolute atomic E-state index is 0.127. The third-order valence-corrected chi connectivity index (χ3v) is 4.21. The summed E-state index contributed by atoms with van der Waals surface area (Å²) in [6.07, 6.45) is 14.9. The summed E-state index contributed by atoms with van der Waals surface area (Å²) < 4.78 is 11.0. The van der Waals surface area contributed by atoms with E-state index in [1.807, 2.05) is 0 Å². The van der Waals surface area contributed by atoms with E-state index in [1.165, 1.54) is 64.2 Å². The first-order valence-electron chi connectivity index (χ1n) is 8.79. The van der Waals surface area contributed by atoms with Crippen LogP contribution < -0.4 is 5.73 Å². The minimum Gasteiger partial charge on any atom is -0.376 e. The van der Waals surface area contributed by atoms with Crippen molar-refractivity contribution in [2.45, 2.75) is 89.7 Å². The molecule has 2 N–H and O–H groups in total. The molecule has 0 spiro atoms. The van der Waals surface area contributed by atoms with Crippen molar-refractivity contribution in [1.29, 1.82) is 0 Å². The molecule has 0 aromatic rings. The van der Waals surface area contributed by atoms with Crippen LogP contribution >= 0.6 is 0 Å². The first-order chi connectivity index (χ1) is 9.84. The third-order valence-electron chi connectivity index (χ3n) is 4.21. The van der Waals surface area contributed by atoms with E-state index >= 15 is 0 Å². The Morgan fingerprint density at radius 2 is 1.50 bits per heavy atom. The molecule has 0 aliphatic carbocycles. The van der Waals surface area contributed by atoms with Gasteiger partial charge in [0.2, 0.25) is 0 Å². The fourth-order valence-electron chi connectivity index (χ4n) is 2.81. The monoisotopic (exact) mass is 285 g/mol. The molecule has 0 aromatic heterocycles. The van der Waals surface area contributed by atoms with Gasteiger partial charge in [0.15, 0.2) is 0 Å². The average molecular weight is 285 g/mol. The molecule has 3 heteroatoms. The molecule has 2 unspecified atom stereocenters. The molecule has 2 atom stereocenters. The van der Waals surface area contributed by atoms with Gasteiger partial charge in [-0.15, -0.1) is 0 Å².